The maximum absolute atomic E-state index is 14.3. The second-order valence-electron chi connectivity index (χ2n) is 12.1. The first-order valence-electron chi connectivity index (χ1n) is 14.8. The number of aliphatic hydroxyl groups excluding tert-OH is 1. The number of likely N-dealkylation sites (tertiary alicyclic amines) is 1. The SMILES string of the molecule is CC[C@H](C)[C@H](CO)N1C(=O)[C@@H]2[C@@H](C(=O)NCc3ccccc3)[C@@]3(C)CCC2(O3)C1C(=O)NCCN1CCOCC1. The molecule has 4 aliphatic heterocycles. The lowest BCUT2D eigenvalue weighted by atomic mass is 9.66. The molecule has 0 radical (unpaired) electrons. The van der Waals surface area contributed by atoms with Gasteiger partial charge in [-0.15, -0.1) is 0 Å². The summed E-state index contributed by atoms with van der Waals surface area (Å²) >= 11 is 0. The fourth-order valence-electron chi connectivity index (χ4n) is 7.39. The van der Waals surface area contributed by atoms with E-state index in [0.717, 1.165) is 25.1 Å². The monoisotopic (exact) mass is 556 g/mol. The van der Waals surface area contributed by atoms with Gasteiger partial charge in [0.15, 0.2) is 0 Å². The maximum atomic E-state index is 14.3. The van der Waals surface area contributed by atoms with Gasteiger partial charge in [0.2, 0.25) is 17.7 Å². The third kappa shape index (κ3) is 5.04. The molecule has 10 nitrogen and oxygen atoms in total. The van der Waals surface area contributed by atoms with Crippen LogP contribution in [0.25, 0.3) is 0 Å². The molecule has 3 amide bonds. The Labute approximate surface area is 236 Å². The molecule has 40 heavy (non-hydrogen) atoms. The van der Waals surface area contributed by atoms with Gasteiger partial charge in [0.05, 0.1) is 43.3 Å². The summed E-state index contributed by atoms with van der Waals surface area (Å²) in [4.78, 5) is 45.8. The van der Waals surface area contributed by atoms with Crippen molar-refractivity contribution >= 4 is 17.7 Å². The normalized spacial score (nSPS) is 33.0. The highest BCUT2D eigenvalue weighted by Gasteiger charge is 2.78. The highest BCUT2D eigenvalue weighted by Crippen LogP contribution is 2.63. The van der Waals surface area contributed by atoms with Crippen molar-refractivity contribution in [2.24, 2.45) is 17.8 Å². The maximum Gasteiger partial charge on any atom is 0.245 e. The number of hydrogen-bond acceptors (Lipinski definition) is 7. The lowest BCUT2D eigenvalue weighted by Crippen LogP contribution is -2.59. The van der Waals surface area contributed by atoms with E-state index in [-0.39, 0.29) is 30.2 Å². The van der Waals surface area contributed by atoms with E-state index in [0.29, 0.717) is 45.7 Å². The first-order valence-corrected chi connectivity index (χ1v) is 14.8. The quantitative estimate of drug-likeness (QED) is 0.371. The van der Waals surface area contributed by atoms with Crippen LogP contribution in [0.4, 0.5) is 0 Å². The number of fused-ring (bicyclic) bond motifs is 1. The van der Waals surface area contributed by atoms with E-state index >= 15 is 0 Å². The van der Waals surface area contributed by atoms with Gasteiger partial charge in [-0.05, 0) is 31.2 Å². The van der Waals surface area contributed by atoms with E-state index in [1.54, 1.807) is 4.90 Å². The Morgan fingerprint density at radius 3 is 2.52 bits per heavy atom. The van der Waals surface area contributed by atoms with Crippen LogP contribution in [0.2, 0.25) is 0 Å². The van der Waals surface area contributed by atoms with Gasteiger partial charge in [-0.1, -0.05) is 50.6 Å². The summed E-state index contributed by atoms with van der Waals surface area (Å²) in [6.45, 7) is 10.1. The van der Waals surface area contributed by atoms with E-state index in [4.69, 9.17) is 9.47 Å². The molecule has 5 rings (SSSR count). The Morgan fingerprint density at radius 2 is 1.85 bits per heavy atom. The second kappa shape index (κ2) is 11.8. The predicted molar refractivity (Wildman–Crippen MR) is 148 cm³/mol. The molecule has 10 heteroatoms. The summed E-state index contributed by atoms with van der Waals surface area (Å²) < 4.78 is 12.1. The van der Waals surface area contributed by atoms with Crippen LogP contribution >= 0.6 is 0 Å². The molecular weight excluding hydrogens is 512 g/mol. The molecule has 7 atom stereocenters. The van der Waals surface area contributed by atoms with Gasteiger partial charge in [-0.2, -0.15) is 0 Å². The molecular formula is C30H44N4O6. The highest BCUT2D eigenvalue weighted by molar-refractivity contribution is 5.99. The number of amides is 3. The Kier molecular flexibility index (Phi) is 8.52. The zero-order valence-electron chi connectivity index (χ0n) is 23.9. The Balaban J connectivity index is 1.41. The smallest absolute Gasteiger partial charge is 0.245 e. The van der Waals surface area contributed by atoms with Crippen molar-refractivity contribution in [3.05, 3.63) is 35.9 Å². The lowest BCUT2D eigenvalue weighted by molar-refractivity contribution is -0.151. The topological polar surface area (TPSA) is 120 Å². The second-order valence-corrected chi connectivity index (χ2v) is 12.1. The van der Waals surface area contributed by atoms with Crippen LogP contribution < -0.4 is 10.6 Å². The number of morpholine rings is 1. The molecule has 0 saturated carbocycles. The van der Waals surface area contributed by atoms with Crippen molar-refractivity contribution in [1.29, 1.82) is 0 Å². The summed E-state index contributed by atoms with van der Waals surface area (Å²) in [6.07, 6.45) is 1.83. The molecule has 0 aliphatic carbocycles. The molecule has 1 aromatic rings. The van der Waals surface area contributed by atoms with E-state index < -0.39 is 35.1 Å². The molecule has 220 valence electrons. The number of nitrogens with zero attached hydrogens (tertiary/aromatic N) is 2. The zero-order chi connectivity index (χ0) is 28.5. The average molecular weight is 557 g/mol. The van der Waals surface area contributed by atoms with Crippen molar-refractivity contribution in [3.63, 3.8) is 0 Å². The summed E-state index contributed by atoms with van der Waals surface area (Å²) in [5.41, 5.74) is -0.983. The fraction of sp³-hybridized carbons (Fsp3) is 0.700. The van der Waals surface area contributed by atoms with Crippen LogP contribution in [0.3, 0.4) is 0 Å². The molecule has 0 aromatic heterocycles. The van der Waals surface area contributed by atoms with Gasteiger partial charge >= 0.3 is 0 Å². The van der Waals surface area contributed by atoms with Crippen molar-refractivity contribution in [2.75, 3.05) is 46.0 Å². The van der Waals surface area contributed by atoms with E-state index in [1.165, 1.54) is 0 Å². The first kappa shape index (κ1) is 29.0. The Bertz CT molecular complexity index is 1080. The molecule has 2 unspecified atom stereocenters. The molecule has 4 fully saturated rings. The summed E-state index contributed by atoms with van der Waals surface area (Å²) in [6, 6.07) is 8.20. The van der Waals surface area contributed by atoms with Crippen LogP contribution in [-0.2, 0) is 30.4 Å². The molecule has 2 bridgehead atoms. The van der Waals surface area contributed by atoms with Crippen molar-refractivity contribution < 1.29 is 29.0 Å². The lowest BCUT2D eigenvalue weighted by Gasteiger charge is -2.39. The molecule has 4 aliphatic rings. The largest absolute Gasteiger partial charge is 0.394 e. The van der Waals surface area contributed by atoms with Gasteiger partial charge in [0, 0.05) is 32.7 Å². The number of rotatable bonds is 11. The summed E-state index contributed by atoms with van der Waals surface area (Å²) in [5.74, 6) is -2.32. The van der Waals surface area contributed by atoms with Crippen LogP contribution in [0.5, 0.6) is 0 Å². The number of nitrogens with one attached hydrogen (secondary N) is 2. The van der Waals surface area contributed by atoms with Crippen LogP contribution in [0.1, 0.15) is 45.6 Å². The van der Waals surface area contributed by atoms with E-state index in [1.807, 2.05) is 51.1 Å². The average Bonchev–Trinajstić information content (AvgIpc) is 3.54. The first-order chi connectivity index (χ1) is 19.3. The van der Waals surface area contributed by atoms with Gasteiger partial charge in [-0.3, -0.25) is 19.3 Å². The number of carbonyl (C=O) groups is 3. The Hall–Kier alpha value is -2.53. The third-order valence-electron chi connectivity index (χ3n) is 9.73. The fourth-order valence-corrected chi connectivity index (χ4v) is 7.39. The van der Waals surface area contributed by atoms with Crippen molar-refractivity contribution in [3.8, 4) is 0 Å². The predicted octanol–water partition coefficient (Wildman–Crippen LogP) is 0.923. The summed E-state index contributed by atoms with van der Waals surface area (Å²) in [5, 5.41) is 16.6. The Morgan fingerprint density at radius 1 is 1.12 bits per heavy atom. The van der Waals surface area contributed by atoms with Gasteiger partial charge in [0.1, 0.15) is 11.6 Å². The number of carbonyl (C=O) groups excluding carboxylic acids is 3. The number of aliphatic hydroxyl groups is 1. The molecule has 3 N–H and O–H groups in total. The van der Waals surface area contributed by atoms with Crippen molar-refractivity contribution in [1.82, 2.24) is 20.4 Å². The highest BCUT2D eigenvalue weighted by atomic mass is 16.5. The van der Waals surface area contributed by atoms with Crippen LogP contribution in [0.15, 0.2) is 30.3 Å². The molecule has 4 saturated heterocycles. The van der Waals surface area contributed by atoms with E-state index in [2.05, 4.69) is 15.5 Å². The molecule has 4 heterocycles. The minimum atomic E-state index is -1.11. The third-order valence-corrected chi connectivity index (χ3v) is 9.73. The standard InChI is InChI=1S/C30H44N4O6/c1-4-20(2)22(19-35)34-25(27(37)31-12-13-33-14-16-39-17-15-33)30-11-10-29(3,40-30)23(24(30)28(34)38)26(36)32-18-21-8-6-5-7-9-21/h5-9,20,22-25,35H,4,10-19H2,1-3H3,(H,31,37)(H,32,36)/t20-,22-,23-,24-,25?,29+,30?/m0/s1. The van der Waals surface area contributed by atoms with Gasteiger partial charge in [0.25, 0.3) is 0 Å². The minimum absolute atomic E-state index is 0.0361. The summed E-state index contributed by atoms with van der Waals surface area (Å²) in [7, 11) is 0. The number of hydrogen-bond donors (Lipinski definition) is 3. The van der Waals surface area contributed by atoms with Gasteiger partial charge < -0.3 is 30.1 Å². The van der Waals surface area contributed by atoms with Crippen LogP contribution in [0, 0.1) is 17.8 Å². The zero-order valence-corrected chi connectivity index (χ0v) is 23.9. The molecule has 1 aromatic carbocycles. The van der Waals surface area contributed by atoms with Crippen molar-refractivity contribution in [2.45, 2.75) is 69.9 Å². The molecule has 1 spiro atoms. The number of benzene rings is 1. The number of ether oxygens (including phenoxy) is 2. The minimum Gasteiger partial charge on any atom is -0.394 e. The van der Waals surface area contributed by atoms with E-state index in [9.17, 15) is 19.5 Å². The van der Waals surface area contributed by atoms with Crippen LogP contribution in [-0.4, -0.2) is 102 Å². The van der Waals surface area contributed by atoms with Gasteiger partial charge in [-0.25, -0.2) is 0 Å².